The van der Waals surface area contributed by atoms with Crippen molar-refractivity contribution in [3.05, 3.63) is 29.8 Å². The van der Waals surface area contributed by atoms with Gasteiger partial charge in [-0.2, -0.15) is 21.0 Å². The highest BCUT2D eigenvalue weighted by Gasteiger charge is 2.49. The predicted octanol–water partition coefficient (Wildman–Crippen LogP) is 2.21. The summed E-state index contributed by atoms with van der Waals surface area (Å²) in [5.74, 6) is -2.57. The van der Waals surface area contributed by atoms with Crippen LogP contribution < -0.4 is 4.74 Å². The maximum atomic E-state index is 12.5. The Bertz CT molecular complexity index is 698. The number of Topliss-reactive ketones (excluding diaryl/α,β-unsaturated/α-hetero) is 1. The molecule has 0 N–H and O–H groups in total. The molecule has 1 aromatic rings. The van der Waals surface area contributed by atoms with Crippen LogP contribution in [0.3, 0.4) is 0 Å². The van der Waals surface area contributed by atoms with Gasteiger partial charge in [0.25, 0.3) is 0 Å². The number of hydrogen-bond acceptors (Lipinski definition) is 6. The van der Waals surface area contributed by atoms with E-state index in [0.29, 0.717) is 5.75 Å². The van der Waals surface area contributed by atoms with Gasteiger partial charge in [0.15, 0.2) is 17.1 Å². The lowest BCUT2D eigenvalue weighted by molar-refractivity contribution is 0.0864. The molecular weight excluding hydrogens is 280 g/mol. The number of ether oxygens (including phenoxy) is 1. The maximum absolute atomic E-state index is 12.5. The van der Waals surface area contributed by atoms with E-state index >= 15 is 0 Å². The van der Waals surface area contributed by atoms with E-state index in [4.69, 9.17) is 15.3 Å². The third kappa shape index (κ3) is 2.73. The Morgan fingerprint density at radius 3 is 1.95 bits per heavy atom. The minimum absolute atomic E-state index is 0.276. The Morgan fingerprint density at radius 2 is 1.59 bits per heavy atom. The number of hydrogen-bond donors (Lipinski definition) is 0. The molecule has 0 spiro atoms. The highest BCUT2D eigenvalue weighted by atomic mass is 16.5. The number of nitriles is 4. The van der Waals surface area contributed by atoms with Gasteiger partial charge in [0.1, 0.15) is 5.75 Å². The Morgan fingerprint density at radius 1 is 1.09 bits per heavy atom. The van der Waals surface area contributed by atoms with E-state index in [2.05, 4.69) is 0 Å². The van der Waals surface area contributed by atoms with Crippen LogP contribution in [0.25, 0.3) is 0 Å². The van der Waals surface area contributed by atoms with Crippen LogP contribution in [0.5, 0.6) is 5.75 Å². The molecule has 0 saturated carbocycles. The Kier molecular flexibility index (Phi) is 5.23. The molecule has 0 aliphatic carbocycles. The molecule has 0 aromatic heterocycles. The fraction of sp³-hybridized carbons (Fsp3) is 0.312. The molecule has 1 aromatic carbocycles. The molecule has 1 unspecified atom stereocenters. The van der Waals surface area contributed by atoms with Gasteiger partial charge in [-0.3, -0.25) is 4.79 Å². The van der Waals surface area contributed by atoms with Gasteiger partial charge in [-0.05, 0) is 24.3 Å². The normalized spacial score (nSPS) is 11.4. The number of ketones is 1. The molecule has 0 amide bonds. The second kappa shape index (κ2) is 6.89. The van der Waals surface area contributed by atoms with Crippen molar-refractivity contribution in [1.29, 1.82) is 21.0 Å². The maximum Gasteiger partial charge on any atom is 0.182 e. The number of nitrogens with zero attached hydrogens (tertiary/aromatic N) is 4. The molecule has 1 atom stereocenters. The Labute approximate surface area is 128 Å². The van der Waals surface area contributed by atoms with Crippen LogP contribution in [0.2, 0.25) is 0 Å². The van der Waals surface area contributed by atoms with Crippen molar-refractivity contribution in [3.63, 3.8) is 0 Å². The first kappa shape index (κ1) is 16.7. The van der Waals surface area contributed by atoms with Gasteiger partial charge in [0.05, 0.1) is 37.3 Å². The summed E-state index contributed by atoms with van der Waals surface area (Å²) in [5.41, 5.74) is -1.74. The topological polar surface area (TPSA) is 121 Å². The minimum atomic E-state index is -2.01. The van der Waals surface area contributed by atoms with Gasteiger partial charge in [-0.25, -0.2) is 0 Å². The molecule has 22 heavy (non-hydrogen) atoms. The molecule has 0 radical (unpaired) electrons. The Hall–Kier alpha value is -3.35. The van der Waals surface area contributed by atoms with Crippen LogP contribution in [0.4, 0.5) is 0 Å². The first-order valence-corrected chi connectivity index (χ1v) is 6.30. The lowest BCUT2D eigenvalue weighted by Crippen LogP contribution is -2.37. The molecule has 0 aliphatic heterocycles. The molecule has 108 valence electrons. The molecule has 0 saturated heterocycles. The summed E-state index contributed by atoms with van der Waals surface area (Å²) in [4.78, 5) is 12.5. The van der Waals surface area contributed by atoms with Crippen molar-refractivity contribution in [2.75, 3.05) is 7.11 Å². The van der Waals surface area contributed by atoms with Crippen LogP contribution in [-0.4, -0.2) is 12.9 Å². The monoisotopic (exact) mass is 292 g/mol. The van der Waals surface area contributed by atoms with Crippen molar-refractivity contribution in [1.82, 2.24) is 0 Å². The summed E-state index contributed by atoms with van der Waals surface area (Å²) >= 11 is 0. The highest BCUT2D eigenvalue weighted by Crippen LogP contribution is 2.36. The number of rotatable bonds is 5. The fourth-order valence-corrected chi connectivity index (χ4v) is 2.04. The summed E-state index contributed by atoms with van der Waals surface area (Å²) in [5, 5.41) is 36.6. The van der Waals surface area contributed by atoms with Crippen molar-refractivity contribution in [3.8, 4) is 30.0 Å². The highest BCUT2D eigenvalue weighted by molar-refractivity contribution is 5.98. The summed E-state index contributed by atoms with van der Waals surface area (Å²) < 4.78 is 4.99. The van der Waals surface area contributed by atoms with Gasteiger partial charge >= 0.3 is 0 Å². The lowest BCUT2D eigenvalue weighted by atomic mass is 9.67. The molecular formula is C16H12N4O2. The number of benzene rings is 1. The average molecular weight is 292 g/mol. The molecule has 0 heterocycles. The van der Waals surface area contributed by atoms with Crippen LogP contribution in [0, 0.1) is 62.6 Å². The standard InChI is InChI=1S/C16H12N4O2/c1-11(16(9-19,10-20)13(7-17)8-18)15(21)12-3-5-14(22-2)6-4-12/h3-6,11,13H,1-2H3. The van der Waals surface area contributed by atoms with E-state index in [9.17, 15) is 15.3 Å². The van der Waals surface area contributed by atoms with Gasteiger partial charge in [0, 0.05) is 5.56 Å². The van der Waals surface area contributed by atoms with Crippen LogP contribution >= 0.6 is 0 Å². The van der Waals surface area contributed by atoms with E-state index in [1.165, 1.54) is 26.2 Å². The average Bonchev–Trinajstić information content (AvgIpc) is 2.58. The number of carbonyl (C=O) groups is 1. The molecule has 6 heteroatoms. The van der Waals surface area contributed by atoms with Crippen LogP contribution in [-0.2, 0) is 0 Å². The largest absolute Gasteiger partial charge is 0.497 e. The van der Waals surface area contributed by atoms with Crippen molar-refractivity contribution in [2.24, 2.45) is 17.3 Å². The lowest BCUT2D eigenvalue weighted by Gasteiger charge is -2.25. The smallest absolute Gasteiger partial charge is 0.182 e. The van der Waals surface area contributed by atoms with E-state index < -0.39 is 23.0 Å². The Balaban J connectivity index is 3.26. The van der Waals surface area contributed by atoms with Crippen molar-refractivity contribution >= 4 is 5.78 Å². The van der Waals surface area contributed by atoms with E-state index in [1.807, 2.05) is 0 Å². The first-order chi connectivity index (χ1) is 10.5. The second-order valence-corrected chi connectivity index (χ2v) is 4.60. The predicted molar refractivity (Wildman–Crippen MR) is 74.9 cm³/mol. The quantitative estimate of drug-likeness (QED) is 0.767. The second-order valence-electron chi connectivity index (χ2n) is 4.60. The van der Waals surface area contributed by atoms with Gasteiger partial charge < -0.3 is 4.74 Å². The van der Waals surface area contributed by atoms with E-state index in [1.54, 1.807) is 36.4 Å². The van der Waals surface area contributed by atoms with E-state index in [0.717, 1.165) is 0 Å². The minimum Gasteiger partial charge on any atom is -0.497 e. The third-order valence-corrected chi connectivity index (χ3v) is 3.53. The third-order valence-electron chi connectivity index (χ3n) is 3.53. The number of carbonyl (C=O) groups excluding carboxylic acids is 1. The number of methoxy groups -OCH3 is 1. The summed E-state index contributed by atoms with van der Waals surface area (Å²) in [6.45, 7) is 1.38. The molecule has 1 rings (SSSR count). The summed E-state index contributed by atoms with van der Waals surface area (Å²) in [6, 6.07) is 12.8. The fourth-order valence-electron chi connectivity index (χ4n) is 2.04. The zero-order chi connectivity index (χ0) is 16.8. The van der Waals surface area contributed by atoms with Gasteiger partial charge in [0.2, 0.25) is 0 Å². The van der Waals surface area contributed by atoms with E-state index in [-0.39, 0.29) is 5.56 Å². The summed E-state index contributed by atoms with van der Waals surface area (Å²) in [6.07, 6.45) is 0. The summed E-state index contributed by atoms with van der Waals surface area (Å²) in [7, 11) is 1.49. The molecule has 0 fully saturated rings. The van der Waals surface area contributed by atoms with Gasteiger partial charge in [-0.15, -0.1) is 0 Å². The van der Waals surface area contributed by atoms with Crippen LogP contribution in [0.1, 0.15) is 17.3 Å². The van der Waals surface area contributed by atoms with Gasteiger partial charge in [-0.1, -0.05) is 6.92 Å². The zero-order valence-corrected chi connectivity index (χ0v) is 12.1. The molecule has 6 nitrogen and oxygen atoms in total. The van der Waals surface area contributed by atoms with Crippen molar-refractivity contribution in [2.45, 2.75) is 6.92 Å². The molecule has 0 bridgehead atoms. The van der Waals surface area contributed by atoms with Crippen molar-refractivity contribution < 1.29 is 9.53 Å². The first-order valence-electron chi connectivity index (χ1n) is 6.30. The SMILES string of the molecule is COc1ccc(C(=O)C(C)C(C#N)(C#N)C(C#N)C#N)cc1. The zero-order valence-electron chi connectivity index (χ0n) is 12.1. The van der Waals surface area contributed by atoms with Crippen LogP contribution in [0.15, 0.2) is 24.3 Å². The molecule has 0 aliphatic rings.